The molecule has 2 N–H and O–H groups in total. The van der Waals surface area contributed by atoms with Crippen LogP contribution in [0.15, 0.2) is 24.3 Å². The zero-order valence-electron chi connectivity index (χ0n) is 8.80. The van der Waals surface area contributed by atoms with E-state index < -0.39 is 12.1 Å². The van der Waals surface area contributed by atoms with Crippen LogP contribution in [0.2, 0.25) is 0 Å². The minimum absolute atomic E-state index is 0.104. The third-order valence-corrected chi connectivity index (χ3v) is 2.81. The molecule has 4 heteroatoms. The molecule has 0 saturated heterocycles. The lowest BCUT2D eigenvalue weighted by atomic mass is 9.94. The first-order valence-electron chi connectivity index (χ1n) is 5.29. The van der Waals surface area contributed by atoms with Gasteiger partial charge >= 0.3 is 5.97 Å². The molecular formula is C12H14O4. The molecule has 1 aliphatic heterocycles. The van der Waals surface area contributed by atoms with Crippen LogP contribution in [0.3, 0.4) is 0 Å². The van der Waals surface area contributed by atoms with Crippen molar-refractivity contribution >= 4 is 5.97 Å². The van der Waals surface area contributed by atoms with Crippen LogP contribution in [0, 0.1) is 0 Å². The molecule has 0 aromatic heterocycles. The lowest BCUT2D eigenvalue weighted by Gasteiger charge is -2.26. The zero-order chi connectivity index (χ0) is 11.5. The van der Waals surface area contributed by atoms with Crippen molar-refractivity contribution in [1.82, 2.24) is 0 Å². The molecule has 2 atom stereocenters. The van der Waals surface area contributed by atoms with Crippen LogP contribution in [0.1, 0.15) is 23.7 Å². The maximum absolute atomic E-state index is 10.6. The topological polar surface area (TPSA) is 66.8 Å². The second-order valence-electron chi connectivity index (χ2n) is 3.90. The number of rotatable bonds is 3. The van der Waals surface area contributed by atoms with Crippen molar-refractivity contribution in [2.24, 2.45) is 0 Å². The summed E-state index contributed by atoms with van der Waals surface area (Å²) in [4.78, 5) is 10.6. The number of hydrogen-bond donors (Lipinski definition) is 2. The summed E-state index contributed by atoms with van der Waals surface area (Å²) in [6.07, 6.45) is -0.727. The predicted molar refractivity (Wildman–Crippen MR) is 57.1 cm³/mol. The second kappa shape index (κ2) is 4.63. The van der Waals surface area contributed by atoms with Gasteiger partial charge in [0.05, 0.1) is 12.7 Å². The summed E-state index contributed by atoms with van der Waals surface area (Å²) in [7, 11) is 0. The number of aliphatic hydroxyl groups excluding tert-OH is 1. The van der Waals surface area contributed by atoms with Gasteiger partial charge in [-0.15, -0.1) is 0 Å². The summed E-state index contributed by atoms with van der Waals surface area (Å²) in [5.74, 6) is -1.20. The van der Waals surface area contributed by atoms with E-state index in [0.29, 0.717) is 6.61 Å². The van der Waals surface area contributed by atoms with Crippen molar-refractivity contribution in [3.63, 3.8) is 0 Å². The number of carbonyl (C=O) groups is 1. The lowest BCUT2D eigenvalue weighted by Crippen LogP contribution is -2.26. The van der Waals surface area contributed by atoms with E-state index in [0.717, 1.165) is 12.0 Å². The average molecular weight is 222 g/mol. The van der Waals surface area contributed by atoms with Gasteiger partial charge in [-0.25, -0.2) is 4.79 Å². The minimum atomic E-state index is -1.36. The maximum atomic E-state index is 10.6. The van der Waals surface area contributed by atoms with Gasteiger partial charge in [-0.2, -0.15) is 0 Å². The Morgan fingerprint density at radius 1 is 1.50 bits per heavy atom. The van der Waals surface area contributed by atoms with Crippen molar-refractivity contribution in [3.05, 3.63) is 35.4 Å². The van der Waals surface area contributed by atoms with Crippen molar-refractivity contribution < 1.29 is 19.7 Å². The van der Waals surface area contributed by atoms with E-state index >= 15 is 0 Å². The first-order chi connectivity index (χ1) is 7.68. The number of fused-ring (bicyclic) bond motifs is 1. The summed E-state index contributed by atoms with van der Waals surface area (Å²) in [6.45, 7) is 0.577. The third-order valence-electron chi connectivity index (χ3n) is 2.81. The van der Waals surface area contributed by atoms with Gasteiger partial charge in [0, 0.05) is 6.42 Å². The lowest BCUT2D eigenvalue weighted by molar-refractivity contribution is -0.149. The van der Waals surface area contributed by atoms with E-state index in [1.165, 1.54) is 5.56 Å². The van der Waals surface area contributed by atoms with Crippen LogP contribution < -0.4 is 0 Å². The Labute approximate surface area is 93.5 Å². The Morgan fingerprint density at radius 2 is 2.25 bits per heavy atom. The van der Waals surface area contributed by atoms with E-state index in [4.69, 9.17) is 9.84 Å². The summed E-state index contributed by atoms with van der Waals surface area (Å²) >= 11 is 0. The number of ether oxygens (including phenoxy) is 1. The fraction of sp³-hybridized carbons (Fsp3) is 0.417. The average Bonchev–Trinajstić information content (AvgIpc) is 2.29. The summed E-state index contributed by atoms with van der Waals surface area (Å²) in [5, 5.41) is 18.0. The predicted octanol–water partition coefficient (Wildman–Crippen LogP) is 1.14. The van der Waals surface area contributed by atoms with Gasteiger partial charge in [0.2, 0.25) is 0 Å². The molecule has 4 nitrogen and oxygen atoms in total. The molecule has 2 unspecified atom stereocenters. The standard InChI is InChI=1S/C12H14O4/c13-10(12(14)15)7-11-9-4-2-1-3-8(9)5-6-16-11/h1-4,10-11,13H,5-7H2,(H,14,15). The highest BCUT2D eigenvalue weighted by atomic mass is 16.5. The molecular weight excluding hydrogens is 208 g/mol. The van der Waals surface area contributed by atoms with Gasteiger partial charge in [0.1, 0.15) is 0 Å². The SMILES string of the molecule is O=C(O)C(O)CC1OCCc2ccccc21. The summed E-state index contributed by atoms with van der Waals surface area (Å²) in [5.41, 5.74) is 2.17. The molecule has 1 aromatic carbocycles. The van der Waals surface area contributed by atoms with Gasteiger partial charge in [-0.3, -0.25) is 0 Å². The number of hydrogen-bond acceptors (Lipinski definition) is 3. The fourth-order valence-corrected chi connectivity index (χ4v) is 1.98. The number of carboxylic acid groups (broad SMARTS) is 1. The second-order valence-corrected chi connectivity index (χ2v) is 3.90. The Bertz CT molecular complexity index is 388. The number of benzene rings is 1. The molecule has 16 heavy (non-hydrogen) atoms. The quantitative estimate of drug-likeness (QED) is 0.804. The summed E-state index contributed by atoms with van der Waals surface area (Å²) in [6, 6.07) is 7.79. The molecule has 1 heterocycles. The van der Waals surface area contributed by atoms with Gasteiger partial charge < -0.3 is 14.9 Å². The zero-order valence-corrected chi connectivity index (χ0v) is 8.80. The van der Waals surface area contributed by atoms with E-state index in [-0.39, 0.29) is 12.5 Å². The third kappa shape index (κ3) is 2.23. The Balaban J connectivity index is 2.16. The molecule has 0 aliphatic carbocycles. The number of carboxylic acids is 1. The van der Waals surface area contributed by atoms with Crippen molar-refractivity contribution in [2.75, 3.05) is 6.61 Å². The molecule has 0 radical (unpaired) electrons. The monoisotopic (exact) mass is 222 g/mol. The van der Waals surface area contributed by atoms with Gasteiger partial charge in [-0.1, -0.05) is 24.3 Å². The van der Waals surface area contributed by atoms with Crippen LogP contribution in [0.4, 0.5) is 0 Å². The van der Waals surface area contributed by atoms with Crippen LogP contribution in [-0.2, 0) is 16.0 Å². The highest BCUT2D eigenvalue weighted by molar-refractivity contribution is 5.71. The molecule has 0 amide bonds. The normalized spacial score (nSPS) is 21.2. The van der Waals surface area contributed by atoms with E-state index in [1.807, 2.05) is 24.3 Å². The number of aliphatic carboxylic acids is 1. The van der Waals surface area contributed by atoms with Crippen LogP contribution >= 0.6 is 0 Å². The van der Waals surface area contributed by atoms with Crippen LogP contribution in [0.5, 0.6) is 0 Å². The van der Waals surface area contributed by atoms with Crippen molar-refractivity contribution in [2.45, 2.75) is 25.0 Å². The fourth-order valence-electron chi connectivity index (χ4n) is 1.98. The molecule has 0 spiro atoms. The molecule has 0 bridgehead atoms. The molecule has 2 rings (SSSR count). The first kappa shape index (κ1) is 11.1. The van der Waals surface area contributed by atoms with E-state index in [2.05, 4.69) is 0 Å². The summed E-state index contributed by atoms with van der Waals surface area (Å²) < 4.78 is 5.50. The van der Waals surface area contributed by atoms with E-state index in [9.17, 15) is 9.90 Å². The minimum Gasteiger partial charge on any atom is -0.479 e. The molecule has 1 aromatic rings. The highest BCUT2D eigenvalue weighted by Crippen LogP contribution is 2.30. The number of aliphatic hydroxyl groups is 1. The first-order valence-corrected chi connectivity index (χ1v) is 5.29. The van der Waals surface area contributed by atoms with Gasteiger partial charge in [-0.05, 0) is 17.5 Å². The van der Waals surface area contributed by atoms with Crippen LogP contribution in [-0.4, -0.2) is 28.9 Å². The maximum Gasteiger partial charge on any atom is 0.332 e. The largest absolute Gasteiger partial charge is 0.479 e. The Morgan fingerprint density at radius 3 is 3.00 bits per heavy atom. The van der Waals surface area contributed by atoms with Crippen LogP contribution in [0.25, 0.3) is 0 Å². The molecule has 1 aliphatic rings. The molecule has 0 fully saturated rings. The molecule has 86 valence electrons. The van der Waals surface area contributed by atoms with Gasteiger partial charge in [0.15, 0.2) is 6.10 Å². The molecule has 0 saturated carbocycles. The highest BCUT2D eigenvalue weighted by Gasteiger charge is 2.25. The Kier molecular flexibility index (Phi) is 3.22. The van der Waals surface area contributed by atoms with E-state index in [1.54, 1.807) is 0 Å². The van der Waals surface area contributed by atoms with Gasteiger partial charge in [0.25, 0.3) is 0 Å². The van der Waals surface area contributed by atoms with Crippen molar-refractivity contribution in [3.8, 4) is 0 Å². The smallest absolute Gasteiger partial charge is 0.332 e. The Hall–Kier alpha value is -1.39. The van der Waals surface area contributed by atoms with Crippen molar-refractivity contribution in [1.29, 1.82) is 0 Å².